The van der Waals surface area contributed by atoms with Crippen LogP contribution in [0.1, 0.15) is 13.3 Å². The molecule has 5 nitrogen and oxygen atoms in total. The van der Waals surface area contributed by atoms with Crippen molar-refractivity contribution in [3.63, 3.8) is 0 Å². The van der Waals surface area contributed by atoms with Crippen molar-refractivity contribution in [2.75, 3.05) is 27.8 Å². The first-order valence-electron chi connectivity index (χ1n) is 5.08. The van der Waals surface area contributed by atoms with Crippen LogP contribution in [0.25, 0.3) is 0 Å². The fourth-order valence-corrected chi connectivity index (χ4v) is 1.28. The van der Waals surface area contributed by atoms with E-state index in [1.54, 1.807) is 19.0 Å². The third-order valence-electron chi connectivity index (χ3n) is 2.11. The van der Waals surface area contributed by atoms with Gasteiger partial charge in [0, 0.05) is 33.3 Å². The molecule has 0 aliphatic rings. The van der Waals surface area contributed by atoms with Crippen LogP contribution >= 0.6 is 0 Å². The Balaban J connectivity index is 4.93. The second kappa shape index (κ2) is 7.00. The van der Waals surface area contributed by atoms with E-state index in [0.29, 0.717) is 6.42 Å². The number of rotatable bonds is 7. The number of methoxy groups -OCH3 is 1. The van der Waals surface area contributed by atoms with Crippen LogP contribution in [0, 0.1) is 5.92 Å². The molecule has 0 saturated carbocycles. The summed E-state index contributed by atoms with van der Waals surface area (Å²) in [6.45, 7) is 2.07. The number of carboxylic acids is 1. The molecule has 0 fully saturated rings. The Hall–Kier alpha value is -1.36. The summed E-state index contributed by atoms with van der Waals surface area (Å²) in [6.07, 6.45) is 1.88. The van der Waals surface area contributed by atoms with Crippen molar-refractivity contribution >= 4 is 11.8 Å². The lowest BCUT2D eigenvalue weighted by Gasteiger charge is -2.14. The third kappa shape index (κ3) is 4.44. The molecule has 0 rings (SSSR count). The molecule has 0 aliphatic carbocycles. The Kier molecular flexibility index (Phi) is 6.41. The Morgan fingerprint density at radius 3 is 2.31 bits per heavy atom. The highest BCUT2D eigenvalue weighted by atomic mass is 16.5. The molecule has 1 N–H and O–H groups in total. The highest BCUT2D eigenvalue weighted by Gasteiger charge is 2.25. The van der Waals surface area contributed by atoms with E-state index < -0.39 is 11.9 Å². The third-order valence-corrected chi connectivity index (χ3v) is 2.11. The summed E-state index contributed by atoms with van der Waals surface area (Å²) in [5.41, 5.74) is -0.200. The first-order valence-corrected chi connectivity index (χ1v) is 5.08. The predicted octanol–water partition coefficient (Wildman–Crippen LogP) is 0.758. The minimum Gasteiger partial charge on any atom is -0.478 e. The second-order valence-corrected chi connectivity index (χ2v) is 3.74. The zero-order valence-corrected chi connectivity index (χ0v) is 10.2. The lowest BCUT2D eigenvalue weighted by atomic mass is 9.96. The molecular formula is C11H19NO4. The topological polar surface area (TPSA) is 66.8 Å². The maximum Gasteiger partial charge on any atom is 0.340 e. The number of ketones is 1. The minimum atomic E-state index is -1.20. The maximum atomic E-state index is 11.9. The van der Waals surface area contributed by atoms with Crippen molar-refractivity contribution in [3.8, 4) is 0 Å². The summed E-state index contributed by atoms with van der Waals surface area (Å²) >= 11 is 0. The number of hydrogen-bond donors (Lipinski definition) is 1. The highest BCUT2D eigenvalue weighted by molar-refractivity contribution is 6.17. The van der Waals surface area contributed by atoms with Crippen molar-refractivity contribution in [1.29, 1.82) is 0 Å². The smallest absolute Gasteiger partial charge is 0.340 e. The Bertz CT molecular complexity index is 284. The molecule has 0 heterocycles. The van der Waals surface area contributed by atoms with Crippen LogP contribution in [0.2, 0.25) is 0 Å². The fourth-order valence-electron chi connectivity index (χ4n) is 1.28. The SMILES string of the molecule is CCC(COC)C(=O)C(=CN(C)C)C(=O)O. The Labute approximate surface area is 95.7 Å². The maximum absolute atomic E-state index is 11.9. The van der Waals surface area contributed by atoms with Gasteiger partial charge in [0.25, 0.3) is 0 Å². The predicted molar refractivity (Wildman–Crippen MR) is 60.1 cm³/mol. The van der Waals surface area contributed by atoms with Crippen LogP contribution in [0.3, 0.4) is 0 Å². The summed E-state index contributed by atoms with van der Waals surface area (Å²) in [6, 6.07) is 0. The largest absolute Gasteiger partial charge is 0.478 e. The molecule has 0 aromatic rings. The van der Waals surface area contributed by atoms with Crippen molar-refractivity contribution in [2.24, 2.45) is 5.92 Å². The van der Waals surface area contributed by atoms with Crippen molar-refractivity contribution in [2.45, 2.75) is 13.3 Å². The van der Waals surface area contributed by atoms with Gasteiger partial charge in [-0.15, -0.1) is 0 Å². The Morgan fingerprint density at radius 1 is 1.44 bits per heavy atom. The van der Waals surface area contributed by atoms with Crippen LogP contribution in [0.15, 0.2) is 11.8 Å². The quantitative estimate of drug-likeness (QED) is 0.396. The van der Waals surface area contributed by atoms with Crippen LogP contribution < -0.4 is 0 Å². The van der Waals surface area contributed by atoms with E-state index in [0.717, 1.165) is 0 Å². The number of carboxylic acid groups (broad SMARTS) is 1. The zero-order valence-electron chi connectivity index (χ0n) is 10.2. The molecule has 0 aliphatic heterocycles. The van der Waals surface area contributed by atoms with Crippen LogP contribution in [0.5, 0.6) is 0 Å². The van der Waals surface area contributed by atoms with E-state index >= 15 is 0 Å². The number of carbonyl (C=O) groups excluding carboxylic acids is 1. The molecule has 92 valence electrons. The monoisotopic (exact) mass is 229 g/mol. The van der Waals surface area contributed by atoms with E-state index in [1.807, 2.05) is 6.92 Å². The molecule has 5 heteroatoms. The van der Waals surface area contributed by atoms with Gasteiger partial charge in [0.05, 0.1) is 6.61 Å². The molecule has 0 amide bonds. The molecular weight excluding hydrogens is 210 g/mol. The van der Waals surface area contributed by atoms with Gasteiger partial charge in [-0.05, 0) is 6.42 Å². The Morgan fingerprint density at radius 2 is 2.00 bits per heavy atom. The van der Waals surface area contributed by atoms with Gasteiger partial charge in [-0.2, -0.15) is 0 Å². The number of aliphatic carboxylic acids is 1. The van der Waals surface area contributed by atoms with Crippen molar-refractivity contribution in [3.05, 3.63) is 11.8 Å². The zero-order chi connectivity index (χ0) is 12.7. The summed E-state index contributed by atoms with van der Waals surface area (Å²) in [5.74, 6) is -1.98. The number of carbonyl (C=O) groups is 2. The van der Waals surface area contributed by atoms with Gasteiger partial charge in [-0.1, -0.05) is 6.92 Å². The molecule has 0 radical (unpaired) electrons. The molecule has 1 unspecified atom stereocenters. The first kappa shape index (κ1) is 14.6. The molecule has 1 atom stereocenters. The molecule has 0 bridgehead atoms. The van der Waals surface area contributed by atoms with E-state index in [4.69, 9.17) is 9.84 Å². The molecule has 0 spiro atoms. The lowest BCUT2D eigenvalue weighted by molar-refractivity contribution is -0.135. The second-order valence-electron chi connectivity index (χ2n) is 3.74. The number of ether oxygens (including phenoxy) is 1. The van der Waals surface area contributed by atoms with Crippen LogP contribution in [-0.2, 0) is 14.3 Å². The standard InChI is InChI=1S/C11H19NO4/c1-5-8(7-16-4)10(13)9(11(14)15)6-12(2)3/h6,8H,5,7H2,1-4H3,(H,14,15). The number of nitrogens with zero attached hydrogens (tertiary/aromatic N) is 1. The van der Waals surface area contributed by atoms with Crippen molar-refractivity contribution < 1.29 is 19.4 Å². The van der Waals surface area contributed by atoms with E-state index in [9.17, 15) is 9.59 Å². The van der Waals surface area contributed by atoms with Gasteiger partial charge in [0.2, 0.25) is 0 Å². The lowest BCUT2D eigenvalue weighted by Crippen LogP contribution is -2.26. The first-order chi connectivity index (χ1) is 7.43. The average Bonchev–Trinajstić information content (AvgIpc) is 2.21. The van der Waals surface area contributed by atoms with Gasteiger partial charge in [-0.25, -0.2) is 4.79 Å². The summed E-state index contributed by atoms with van der Waals surface area (Å²) < 4.78 is 4.90. The molecule has 0 aromatic heterocycles. The van der Waals surface area contributed by atoms with Gasteiger partial charge < -0.3 is 14.7 Å². The summed E-state index contributed by atoms with van der Waals surface area (Å²) in [7, 11) is 4.84. The van der Waals surface area contributed by atoms with E-state index in [-0.39, 0.29) is 18.0 Å². The highest BCUT2D eigenvalue weighted by Crippen LogP contribution is 2.12. The molecule has 0 saturated heterocycles. The van der Waals surface area contributed by atoms with Crippen LogP contribution in [0.4, 0.5) is 0 Å². The molecule has 0 aromatic carbocycles. The van der Waals surface area contributed by atoms with Crippen molar-refractivity contribution in [1.82, 2.24) is 4.90 Å². The average molecular weight is 229 g/mol. The van der Waals surface area contributed by atoms with Gasteiger partial charge in [0.1, 0.15) is 5.57 Å². The van der Waals surface area contributed by atoms with Gasteiger partial charge in [-0.3, -0.25) is 4.79 Å². The minimum absolute atomic E-state index is 0.200. The summed E-state index contributed by atoms with van der Waals surface area (Å²) in [4.78, 5) is 24.4. The van der Waals surface area contributed by atoms with Crippen LogP contribution in [-0.4, -0.2) is 49.6 Å². The van der Waals surface area contributed by atoms with E-state index in [1.165, 1.54) is 13.3 Å². The number of Topliss-reactive ketones (excluding diaryl/α,β-unsaturated/α-hetero) is 1. The van der Waals surface area contributed by atoms with Gasteiger partial charge >= 0.3 is 5.97 Å². The molecule has 16 heavy (non-hydrogen) atoms. The van der Waals surface area contributed by atoms with Gasteiger partial charge in [0.15, 0.2) is 5.78 Å². The fraction of sp³-hybridized carbons (Fsp3) is 0.636. The number of hydrogen-bond acceptors (Lipinski definition) is 4. The summed E-state index contributed by atoms with van der Waals surface area (Å²) in [5, 5.41) is 8.95. The van der Waals surface area contributed by atoms with E-state index in [2.05, 4.69) is 0 Å². The normalized spacial score (nSPS) is 13.4.